The van der Waals surface area contributed by atoms with Crippen LogP contribution < -0.4 is 0 Å². The minimum Gasteiger partial charge on any atom is -0.480 e. The summed E-state index contributed by atoms with van der Waals surface area (Å²) in [6, 6.07) is -1.98. The monoisotopic (exact) mass is 239 g/mol. The molecule has 0 saturated carbocycles. The molecule has 7 heteroatoms. The quantitative estimate of drug-likeness (QED) is 0.792. The predicted molar refractivity (Wildman–Crippen MR) is 47.6 cm³/mol. The van der Waals surface area contributed by atoms with Crippen molar-refractivity contribution in [2.75, 3.05) is 0 Å². The molecule has 4 nitrogen and oxygen atoms in total. The molecular weight excluding hydrogens is 227 g/mol. The van der Waals surface area contributed by atoms with Gasteiger partial charge in [-0.2, -0.15) is 13.2 Å². The van der Waals surface area contributed by atoms with Crippen LogP contribution in [0.2, 0.25) is 0 Å². The molecule has 92 valence electrons. The Morgan fingerprint density at radius 1 is 1.38 bits per heavy atom. The van der Waals surface area contributed by atoms with Crippen LogP contribution in [0.25, 0.3) is 0 Å². The van der Waals surface area contributed by atoms with Gasteiger partial charge in [0.1, 0.15) is 6.04 Å². The Labute approximate surface area is 90.0 Å². The third-order valence-corrected chi connectivity index (χ3v) is 2.74. The van der Waals surface area contributed by atoms with Gasteiger partial charge >= 0.3 is 18.1 Å². The van der Waals surface area contributed by atoms with Crippen LogP contribution in [-0.2, 0) is 9.59 Å². The number of halogens is 3. The maximum Gasteiger partial charge on any atom is 0.471 e. The first kappa shape index (κ1) is 12.8. The Balaban J connectivity index is 2.95. The number of carboxylic acids is 1. The molecule has 16 heavy (non-hydrogen) atoms. The minimum absolute atomic E-state index is 0.0790. The molecule has 1 amide bonds. The third kappa shape index (κ3) is 2.28. The molecule has 0 radical (unpaired) electrons. The van der Waals surface area contributed by atoms with E-state index in [-0.39, 0.29) is 6.42 Å². The van der Waals surface area contributed by atoms with Crippen molar-refractivity contribution in [3.8, 4) is 0 Å². The van der Waals surface area contributed by atoms with Gasteiger partial charge in [0.2, 0.25) is 0 Å². The second kappa shape index (κ2) is 4.31. The van der Waals surface area contributed by atoms with Gasteiger partial charge in [-0.05, 0) is 19.3 Å². The highest BCUT2D eigenvalue weighted by molar-refractivity contribution is 5.88. The zero-order chi connectivity index (χ0) is 12.5. The number of hydrogen-bond acceptors (Lipinski definition) is 2. The molecule has 1 rings (SSSR count). The van der Waals surface area contributed by atoms with E-state index in [0.717, 1.165) is 0 Å². The van der Waals surface area contributed by atoms with E-state index in [4.69, 9.17) is 5.11 Å². The normalized spacial score (nSPS) is 25.9. The topological polar surface area (TPSA) is 57.6 Å². The molecule has 2 atom stereocenters. The van der Waals surface area contributed by atoms with Crippen LogP contribution in [0.15, 0.2) is 0 Å². The van der Waals surface area contributed by atoms with Crippen LogP contribution in [0.3, 0.4) is 0 Å². The number of likely N-dealkylation sites (tertiary alicyclic amines) is 1. The maximum atomic E-state index is 12.3. The van der Waals surface area contributed by atoms with Crippen molar-refractivity contribution < 1.29 is 27.9 Å². The molecule has 0 spiro atoms. The molecule has 1 aliphatic heterocycles. The average molecular weight is 239 g/mol. The van der Waals surface area contributed by atoms with Crippen molar-refractivity contribution in [1.82, 2.24) is 4.90 Å². The summed E-state index contributed by atoms with van der Waals surface area (Å²) in [7, 11) is 0. The second-order valence-electron chi connectivity index (χ2n) is 3.70. The first-order valence-electron chi connectivity index (χ1n) is 4.91. The molecule has 0 aliphatic carbocycles. The summed E-state index contributed by atoms with van der Waals surface area (Å²) in [5.74, 6) is -3.43. The Hall–Kier alpha value is -1.27. The van der Waals surface area contributed by atoms with Crippen LogP contribution in [0.1, 0.15) is 26.2 Å². The molecular formula is C9H12F3NO3. The standard InChI is InChI=1S/C9H12F3NO3/c1-2-5-3-4-6(7(14)15)13(5)8(16)9(10,11)12/h5-6H,2-4H2,1H3,(H,14,15). The molecule has 0 aromatic carbocycles. The fourth-order valence-electron chi connectivity index (χ4n) is 1.98. The van der Waals surface area contributed by atoms with Gasteiger partial charge in [0.05, 0.1) is 0 Å². The fraction of sp³-hybridized carbons (Fsp3) is 0.778. The Bertz CT molecular complexity index is 303. The summed E-state index contributed by atoms with van der Waals surface area (Å²) in [6.07, 6.45) is -4.30. The molecule has 0 aromatic heterocycles. The van der Waals surface area contributed by atoms with Crippen molar-refractivity contribution in [3.05, 3.63) is 0 Å². The number of nitrogens with zero attached hydrogens (tertiary/aromatic N) is 1. The summed E-state index contributed by atoms with van der Waals surface area (Å²) in [6.45, 7) is 1.63. The summed E-state index contributed by atoms with van der Waals surface area (Å²) in [5, 5.41) is 8.75. The Kier molecular flexibility index (Phi) is 3.44. The van der Waals surface area contributed by atoms with E-state index in [9.17, 15) is 22.8 Å². The maximum absolute atomic E-state index is 12.3. The third-order valence-electron chi connectivity index (χ3n) is 2.74. The van der Waals surface area contributed by atoms with E-state index >= 15 is 0 Å². The van der Waals surface area contributed by atoms with E-state index in [2.05, 4.69) is 0 Å². The lowest BCUT2D eigenvalue weighted by atomic mass is 10.1. The van der Waals surface area contributed by atoms with Gasteiger partial charge in [-0.1, -0.05) is 6.92 Å². The van der Waals surface area contributed by atoms with Crippen molar-refractivity contribution >= 4 is 11.9 Å². The summed E-state index contributed by atoms with van der Waals surface area (Å²) < 4.78 is 36.8. The van der Waals surface area contributed by atoms with Crippen molar-refractivity contribution in [1.29, 1.82) is 0 Å². The van der Waals surface area contributed by atoms with Gasteiger partial charge < -0.3 is 10.0 Å². The largest absolute Gasteiger partial charge is 0.480 e. The highest BCUT2D eigenvalue weighted by Crippen LogP contribution is 2.31. The molecule has 1 fully saturated rings. The molecule has 1 aliphatic rings. The van der Waals surface area contributed by atoms with Gasteiger partial charge in [-0.3, -0.25) is 4.79 Å². The van der Waals surface area contributed by atoms with Gasteiger partial charge in [0, 0.05) is 6.04 Å². The number of rotatable bonds is 2. The summed E-state index contributed by atoms with van der Waals surface area (Å²) >= 11 is 0. The number of aliphatic carboxylic acids is 1. The lowest BCUT2D eigenvalue weighted by Crippen LogP contribution is -2.50. The van der Waals surface area contributed by atoms with E-state index < -0.39 is 30.1 Å². The number of carboxylic acid groups (broad SMARTS) is 1. The zero-order valence-corrected chi connectivity index (χ0v) is 8.62. The number of carbonyl (C=O) groups is 2. The highest BCUT2D eigenvalue weighted by Gasteiger charge is 2.50. The molecule has 0 bridgehead atoms. The number of amides is 1. The number of carbonyl (C=O) groups excluding carboxylic acids is 1. The van der Waals surface area contributed by atoms with Crippen LogP contribution in [0.4, 0.5) is 13.2 Å². The summed E-state index contributed by atoms with van der Waals surface area (Å²) in [5.41, 5.74) is 0. The summed E-state index contributed by atoms with van der Waals surface area (Å²) in [4.78, 5) is 22.3. The van der Waals surface area contributed by atoms with Gasteiger partial charge in [0.25, 0.3) is 0 Å². The SMILES string of the molecule is CCC1CCC(C(=O)O)N1C(=O)C(F)(F)F. The fourth-order valence-corrected chi connectivity index (χ4v) is 1.98. The first-order chi connectivity index (χ1) is 7.29. The van der Waals surface area contributed by atoms with E-state index in [1.54, 1.807) is 6.92 Å². The Morgan fingerprint density at radius 3 is 2.31 bits per heavy atom. The zero-order valence-electron chi connectivity index (χ0n) is 8.62. The van der Waals surface area contributed by atoms with Crippen LogP contribution in [-0.4, -0.2) is 40.1 Å². The smallest absolute Gasteiger partial charge is 0.471 e. The van der Waals surface area contributed by atoms with E-state index in [1.165, 1.54) is 0 Å². The number of hydrogen-bond donors (Lipinski definition) is 1. The van der Waals surface area contributed by atoms with E-state index in [1.807, 2.05) is 0 Å². The van der Waals surface area contributed by atoms with Crippen LogP contribution in [0.5, 0.6) is 0 Å². The second-order valence-corrected chi connectivity index (χ2v) is 3.70. The lowest BCUT2D eigenvalue weighted by molar-refractivity contribution is -0.190. The molecule has 1 heterocycles. The molecule has 1 saturated heterocycles. The Morgan fingerprint density at radius 2 is 1.94 bits per heavy atom. The van der Waals surface area contributed by atoms with Crippen LogP contribution in [0, 0.1) is 0 Å². The van der Waals surface area contributed by atoms with Crippen LogP contribution >= 0.6 is 0 Å². The number of alkyl halides is 3. The van der Waals surface area contributed by atoms with Crippen molar-refractivity contribution in [3.63, 3.8) is 0 Å². The van der Waals surface area contributed by atoms with Gasteiger partial charge in [0.15, 0.2) is 0 Å². The predicted octanol–water partition coefficient (Wildman–Crippen LogP) is 1.40. The van der Waals surface area contributed by atoms with Crippen molar-refractivity contribution in [2.24, 2.45) is 0 Å². The average Bonchev–Trinajstić information content (AvgIpc) is 2.57. The van der Waals surface area contributed by atoms with Gasteiger partial charge in [-0.15, -0.1) is 0 Å². The van der Waals surface area contributed by atoms with E-state index in [0.29, 0.717) is 17.7 Å². The molecule has 1 N–H and O–H groups in total. The highest BCUT2D eigenvalue weighted by atomic mass is 19.4. The van der Waals surface area contributed by atoms with Crippen molar-refractivity contribution in [2.45, 2.75) is 44.4 Å². The molecule has 0 aromatic rings. The molecule has 2 unspecified atom stereocenters. The van der Waals surface area contributed by atoms with Gasteiger partial charge in [-0.25, -0.2) is 4.79 Å². The first-order valence-corrected chi connectivity index (χ1v) is 4.91. The lowest BCUT2D eigenvalue weighted by Gasteiger charge is -2.28. The minimum atomic E-state index is -5.01.